The zero-order valence-electron chi connectivity index (χ0n) is 18.7. The third-order valence-corrected chi connectivity index (χ3v) is 4.77. The van der Waals surface area contributed by atoms with Gasteiger partial charge in [-0.15, -0.1) is 0 Å². The van der Waals surface area contributed by atoms with Crippen LogP contribution in [0.5, 0.6) is 11.5 Å². The van der Waals surface area contributed by atoms with Crippen LogP contribution in [0.3, 0.4) is 0 Å². The first-order chi connectivity index (χ1) is 15.5. The molecule has 0 radical (unpaired) electrons. The van der Waals surface area contributed by atoms with Crippen LogP contribution in [0.2, 0.25) is 0 Å². The summed E-state index contributed by atoms with van der Waals surface area (Å²) in [5.74, 6) is 0.395. The van der Waals surface area contributed by atoms with Crippen LogP contribution in [-0.2, 0) is 10.9 Å². The molecule has 1 atom stereocenters. The number of aryl methyl sites for hydroxylation is 1. The molecule has 0 aliphatic rings. The number of halogens is 3. The van der Waals surface area contributed by atoms with E-state index in [0.717, 1.165) is 17.8 Å². The number of benzene rings is 2. The monoisotopic (exact) mass is 458 g/mol. The molecule has 0 saturated carbocycles. The fourth-order valence-corrected chi connectivity index (χ4v) is 3.18. The van der Waals surface area contributed by atoms with Gasteiger partial charge in [0, 0.05) is 5.69 Å². The Kier molecular flexibility index (Phi) is 7.38. The predicted octanol–water partition coefficient (Wildman–Crippen LogP) is 6.94. The van der Waals surface area contributed by atoms with Crippen molar-refractivity contribution in [3.8, 4) is 11.5 Å². The van der Waals surface area contributed by atoms with E-state index >= 15 is 0 Å². The molecule has 1 unspecified atom stereocenters. The van der Waals surface area contributed by atoms with Crippen LogP contribution in [0.25, 0.3) is 0 Å². The SMILES string of the molecule is Cc1nc(C(C)OC(C)C)ccc1C(=O)Nc1ccc(Oc2ccc(C(F)(F)F)cc2)cc1. The number of carbonyl (C=O) groups is 1. The van der Waals surface area contributed by atoms with E-state index in [1.807, 2.05) is 20.8 Å². The van der Waals surface area contributed by atoms with Gasteiger partial charge < -0.3 is 14.8 Å². The van der Waals surface area contributed by atoms with Gasteiger partial charge in [0.05, 0.1) is 34.7 Å². The van der Waals surface area contributed by atoms with Crippen molar-refractivity contribution in [1.82, 2.24) is 4.98 Å². The van der Waals surface area contributed by atoms with Crippen LogP contribution in [0.15, 0.2) is 60.7 Å². The topological polar surface area (TPSA) is 60.5 Å². The minimum Gasteiger partial charge on any atom is -0.457 e. The molecule has 1 aromatic heterocycles. The number of pyridine rings is 1. The highest BCUT2D eigenvalue weighted by Gasteiger charge is 2.30. The Balaban J connectivity index is 1.63. The van der Waals surface area contributed by atoms with Crippen molar-refractivity contribution in [1.29, 1.82) is 0 Å². The molecular weight excluding hydrogens is 433 g/mol. The van der Waals surface area contributed by atoms with Gasteiger partial charge in [-0.05, 0) is 88.4 Å². The van der Waals surface area contributed by atoms with E-state index in [0.29, 0.717) is 22.7 Å². The van der Waals surface area contributed by atoms with Crippen molar-refractivity contribution in [2.24, 2.45) is 0 Å². The van der Waals surface area contributed by atoms with Gasteiger partial charge in [-0.2, -0.15) is 13.2 Å². The Morgan fingerprint density at radius 1 is 0.909 bits per heavy atom. The van der Waals surface area contributed by atoms with Crippen molar-refractivity contribution in [2.75, 3.05) is 5.32 Å². The number of hydrogen-bond acceptors (Lipinski definition) is 4. The van der Waals surface area contributed by atoms with Crippen molar-refractivity contribution < 1.29 is 27.4 Å². The maximum atomic E-state index is 12.7. The van der Waals surface area contributed by atoms with E-state index in [1.54, 1.807) is 43.3 Å². The second kappa shape index (κ2) is 10.0. The largest absolute Gasteiger partial charge is 0.457 e. The number of rotatable bonds is 7. The molecule has 0 saturated heterocycles. The molecule has 1 amide bonds. The predicted molar refractivity (Wildman–Crippen MR) is 120 cm³/mol. The number of hydrogen-bond donors (Lipinski definition) is 1. The maximum Gasteiger partial charge on any atom is 0.416 e. The van der Waals surface area contributed by atoms with Gasteiger partial charge >= 0.3 is 6.18 Å². The molecule has 0 fully saturated rings. The molecule has 8 heteroatoms. The molecule has 0 spiro atoms. The van der Waals surface area contributed by atoms with Crippen LogP contribution >= 0.6 is 0 Å². The lowest BCUT2D eigenvalue weighted by Crippen LogP contribution is -2.16. The minimum atomic E-state index is -4.40. The average molecular weight is 458 g/mol. The third-order valence-electron chi connectivity index (χ3n) is 4.77. The van der Waals surface area contributed by atoms with Gasteiger partial charge in [0.15, 0.2) is 0 Å². The van der Waals surface area contributed by atoms with Gasteiger partial charge in [-0.1, -0.05) is 0 Å². The Morgan fingerprint density at radius 2 is 1.48 bits per heavy atom. The number of nitrogens with one attached hydrogen (secondary N) is 1. The second-order valence-electron chi connectivity index (χ2n) is 7.80. The highest BCUT2D eigenvalue weighted by atomic mass is 19.4. The smallest absolute Gasteiger partial charge is 0.416 e. The highest BCUT2D eigenvalue weighted by Crippen LogP contribution is 2.31. The lowest BCUT2D eigenvalue weighted by molar-refractivity contribution is -0.137. The Labute approximate surface area is 190 Å². The molecule has 0 bridgehead atoms. The van der Waals surface area contributed by atoms with Crippen molar-refractivity contribution in [3.05, 3.63) is 83.2 Å². The van der Waals surface area contributed by atoms with Crippen LogP contribution in [0.4, 0.5) is 18.9 Å². The molecular formula is C25H25F3N2O3. The van der Waals surface area contributed by atoms with Gasteiger partial charge in [-0.3, -0.25) is 9.78 Å². The molecule has 174 valence electrons. The quantitative estimate of drug-likeness (QED) is 0.417. The minimum absolute atomic E-state index is 0.0660. The summed E-state index contributed by atoms with van der Waals surface area (Å²) in [7, 11) is 0. The molecule has 2 aromatic carbocycles. The van der Waals surface area contributed by atoms with Crippen LogP contribution in [0, 0.1) is 6.92 Å². The normalized spacial score (nSPS) is 12.5. The van der Waals surface area contributed by atoms with E-state index in [4.69, 9.17) is 9.47 Å². The van der Waals surface area contributed by atoms with Gasteiger partial charge in [-0.25, -0.2) is 0 Å². The zero-order valence-corrected chi connectivity index (χ0v) is 18.7. The van der Waals surface area contributed by atoms with Gasteiger partial charge in [0.2, 0.25) is 0 Å². The molecule has 3 rings (SSSR count). The summed E-state index contributed by atoms with van der Waals surface area (Å²) in [6, 6.07) is 14.4. The number of amides is 1. The number of carbonyl (C=O) groups excluding carboxylic acids is 1. The second-order valence-corrected chi connectivity index (χ2v) is 7.80. The van der Waals surface area contributed by atoms with E-state index in [2.05, 4.69) is 10.3 Å². The number of anilines is 1. The van der Waals surface area contributed by atoms with E-state index in [1.165, 1.54) is 12.1 Å². The molecule has 0 aliphatic heterocycles. The summed E-state index contributed by atoms with van der Waals surface area (Å²) in [6.45, 7) is 7.58. The van der Waals surface area contributed by atoms with Crippen molar-refractivity contribution >= 4 is 11.6 Å². The number of aromatic nitrogens is 1. The van der Waals surface area contributed by atoms with Crippen molar-refractivity contribution in [2.45, 2.75) is 46.1 Å². The van der Waals surface area contributed by atoms with Crippen LogP contribution in [-0.4, -0.2) is 17.0 Å². The molecule has 0 aliphatic carbocycles. The number of alkyl halides is 3. The van der Waals surface area contributed by atoms with Crippen LogP contribution < -0.4 is 10.1 Å². The summed E-state index contributed by atoms with van der Waals surface area (Å²) in [4.78, 5) is 17.2. The summed E-state index contributed by atoms with van der Waals surface area (Å²) < 4.78 is 49.3. The Hall–Kier alpha value is -3.39. The molecule has 5 nitrogen and oxygen atoms in total. The van der Waals surface area contributed by atoms with Gasteiger partial charge in [0.1, 0.15) is 11.5 Å². The molecule has 1 heterocycles. The molecule has 33 heavy (non-hydrogen) atoms. The number of nitrogens with zero attached hydrogens (tertiary/aromatic N) is 1. The highest BCUT2D eigenvalue weighted by molar-refractivity contribution is 6.05. The van der Waals surface area contributed by atoms with E-state index < -0.39 is 11.7 Å². The Morgan fingerprint density at radius 3 is 2.00 bits per heavy atom. The zero-order chi connectivity index (χ0) is 24.2. The molecule has 1 N–H and O–H groups in total. The first-order valence-corrected chi connectivity index (χ1v) is 10.4. The lowest BCUT2D eigenvalue weighted by atomic mass is 10.1. The van der Waals surface area contributed by atoms with E-state index in [9.17, 15) is 18.0 Å². The summed E-state index contributed by atoms with van der Waals surface area (Å²) in [5.41, 5.74) is 1.59. The maximum absolute atomic E-state index is 12.7. The first-order valence-electron chi connectivity index (χ1n) is 10.4. The average Bonchev–Trinajstić information content (AvgIpc) is 2.74. The lowest BCUT2D eigenvalue weighted by Gasteiger charge is -2.17. The fraction of sp³-hybridized carbons (Fsp3) is 0.280. The van der Waals surface area contributed by atoms with E-state index in [-0.39, 0.29) is 23.9 Å². The van der Waals surface area contributed by atoms with Crippen LogP contribution in [0.1, 0.15) is 54.2 Å². The summed E-state index contributed by atoms with van der Waals surface area (Å²) in [6.07, 6.45) is -4.51. The first kappa shape index (κ1) is 24.3. The summed E-state index contributed by atoms with van der Waals surface area (Å²) >= 11 is 0. The molecule has 3 aromatic rings. The third kappa shape index (κ3) is 6.55. The Bertz CT molecular complexity index is 1100. The fourth-order valence-electron chi connectivity index (χ4n) is 3.18. The number of ether oxygens (including phenoxy) is 2. The summed E-state index contributed by atoms with van der Waals surface area (Å²) in [5, 5.41) is 2.80. The standard InChI is InChI=1S/C25H25F3N2O3/c1-15(2)32-17(4)23-14-13-22(16(3)29-23)24(31)30-19-7-11-21(12-8-19)33-20-9-5-18(6-10-20)25(26,27)28/h5-15,17H,1-4H3,(H,30,31). The van der Waals surface area contributed by atoms with Crippen molar-refractivity contribution in [3.63, 3.8) is 0 Å². The van der Waals surface area contributed by atoms with Gasteiger partial charge in [0.25, 0.3) is 5.91 Å².